The van der Waals surface area contributed by atoms with E-state index in [0.717, 1.165) is 24.0 Å². The van der Waals surface area contributed by atoms with Gasteiger partial charge in [-0.25, -0.2) is 9.97 Å². The molecule has 1 heterocycles. The predicted molar refractivity (Wildman–Crippen MR) is 65.6 cm³/mol. The van der Waals surface area contributed by atoms with E-state index in [4.69, 9.17) is 5.26 Å². The summed E-state index contributed by atoms with van der Waals surface area (Å²) in [5, 5.41) is 8.28. The van der Waals surface area contributed by atoms with Gasteiger partial charge in [0.1, 0.15) is 5.69 Å². The molecule has 0 aromatic carbocycles. The second-order valence-corrected chi connectivity index (χ2v) is 4.68. The molecule has 0 unspecified atom stereocenters. The molecule has 0 fully saturated rings. The Balaban J connectivity index is 2.58. The van der Waals surface area contributed by atoms with Crippen molar-refractivity contribution in [3.05, 3.63) is 18.0 Å². The maximum Gasteiger partial charge on any atom is 0.433 e. The highest BCUT2D eigenvalue weighted by molar-refractivity contribution is 7.99. The van der Waals surface area contributed by atoms with Crippen LogP contribution in [-0.4, -0.2) is 40.1 Å². The van der Waals surface area contributed by atoms with Gasteiger partial charge in [-0.2, -0.15) is 18.4 Å². The van der Waals surface area contributed by atoms with Crippen LogP contribution in [0.3, 0.4) is 0 Å². The van der Waals surface area contributed by atoms with Gasteiger partial charge in [0.15, 0.2) is 5.16 Å². The number of rotatable bonds is 5. The number of nitriles is 1. The van der Waals surface area contributed by atoms with E-state index < -0.39 is 11.9 Å². The van der Waals surface area contributed by atoms with E-state index in [1.165, 1.54) is 11.9 Å². The number of halogens is 3. The first-order valence-electron chi connectivity index (χ1n) is 5.48. The molecule has 1 rings (SSSR count). The van der Waals surface area contributed by atoms with Crippen LogP contribution in [0.25, 0.3) is 0 Å². The van der Waals surface area contributed by atoms with Gasteiger partial charge < -0.3 is 4.90 Å². The average molecular weight is 304 g/mol. The number of alkyl halides is 3. The number of amides is 1. The van der Waals surface area contributed by atoms with Gasteiger partial charge in [0.2, 0.25) is 5.91 Å². The van der Waals surface area contributed by atoms with Gasteiger partial charge in [0.05, 0.1) is 18.2 Å². The van der Waals surface area contributed by atoms with Gasteiger partial charge in [0.25, 0.3) is 0 Å². The Hall–Kier alpha value is -1.82. The molecule has 0 radical (unpaired) electrons. The summed E-state index contributed by atoms with van der Waals surface area (Å²) in [6.45, 7) is 0.277. The summed E-state index contributed by atoms with van der Waals surface area (Å²) in [6.07, 6.45) is -3.33. The van der Waals surface area contributed by atoms with Crippen molar-refractivity contribution in [2.45, 2.75) is 17.8 Å². The van der Waals surface area contributed by atoms with Gasteiger partial charge in [-0.3, -0.25) is 4.79 Å². The van der Waals surface area contributed by atoms with E-state index in [0.29, 0.717) is 0 Å². The van der Waals surface area contributed by atoms with E-state index in [2.05, 4.69) is 9.97 Å². The standard InChI is InChI=1S/C11H11F3N4OS/c1-18(6-2-4-15)9(19)7-20-10-16-5-3-8(17-10)11(12,13)14/h3,5H,2,6-7H2,1H3. The Morgan fingerprint density at radius 1 is 1.55 bits per heavy atom. The van der Waals surface area contributed by atoms with E-state index in [9.17, 15) is 18.0 Å². The highest BCUT2D eigenvalue weighted by Crippen LogP contribution is 2.28. The van der Waals surface area contributed by atoms with Crippen LogP contribution in [0.5, 0.6) is 0 Å². The third-order valence-electron chi connectivity index (χ3n) is 2.23. The molecule has 20 heavy (non-hydrogen) atoms. The normalized spacial score (nSPS) is 10.9. The van der Waals surface area contributed by atoms with Crippen LogP contribution in [0, 0.1) is 11.3 Å². The van der Waals surface area contributed by atoms with E-state index in [1.807, 2.05) is 6.07 Å². The second kappa shape index (κ2) is 7.09. The molecule has 0 aliphatic rings. The van der Waals surface area contributed by atoms with Crippen molar-refractivity contribution in [1.29, 1.82) is 5.26 Å². The molecule has 0 N–H and O–H groups in total. The quantitative estimate of drug-likeness (QED) is 0.614. The van der Waals surface area contributed by atoms with E-state index >= 15 is 0 Å². The van der Waals surface area contributed by atoms with Gasteiger partial charge in [-0.05, 0) is 6.07 Å². The highest BCUT2D eigenvalue weighted by Gasteiger charge is 2.32. The number of hydrogen-bond donors (Lipinski definition) is 0. The molecule has 108 valence electrons. The van der Waals surface area contributed by atoms with E-state index in [-0.39, 0.29) is 29.8 Å². The number of thioether (sulfide) groups is 1. The van der Waals surface area contributed by atoms with Crippen molar-refractivity contribution in [3.8, 4) is 6.07 Å². The Morgan fingerprint density at radius 2 is 2.25 bits per heavy atom. The van der Waals surface area contributed by atoms with Crippen molar-refractivity contribution in [3.63, 3.8) is 0 Å². The average Bonchev–Trinajstić information content (AvgIpc) is 2.41. The minimum Gasteiger partial charge on any atom is -0.344 e. The lowest BCUT2D eigenvalue weighted by Gasteiger charge is -2.14. The number of nitrogens with zero attached hydrogens (tertiary/aromatic N) is 4. The molecular formula is C11H11F3N4OS. The molecule has 0 aliphatic carbocycles. The molecule has 0 saturated heterocycles. The topological polar surface area (TPSA) is 69.9 Å². The Kier molecular flexibility index (Phi) is 5.76. The molecular weight excluding hydrogens is 293 g/mol. The summed E-state index contributed by atoms with van der Waals surface area (Å²) in [6, 6.07) is 2.67. The molecule has 9 heteroatoms. The molecule has 0 bridgehead atoms. The monoisotopic (exact) mass is 304 g/mol. The van der Waals surface area contributed by atoms with Crippen molar-refractivity contribution in [2.75, 3.05) is 19.3 Å². The lowest BCUT2D eigenvalue weighted by Crippen LogP contribution is -2.29. The number of hydrogen-bond acceptors (Lipinski definition) is 5. The van der Waals surface area contributed by atoms with Crippen LogP contribution < -0.4 is 0 Å². The molecule has 0 aliphatic heterocycles. The van der Waals surface area contributed by atoms with Crippen LogP contribution in [0.15, 0.2) is 17.4 Å². The fourth-order valence-corrected chi connectivity index (χ4v) is 1.92. The third kappa shape index (κ3) is 5.05. The summed E-state index contributed by atoms with van der Waals surface area (Å²) in [5.74, 6) is -0.380. The summed E-state index contributed by atoms with van der Waals surface area (Å²) in [5.41, 5.74) is -1.04. The van der Waals surface area contributed by atoms with Crippen LogP contribution in [-0.2, 0) is 11.0 Å². The molecule has 1 aromatic heterocycles. The molecule has 0 atom stereocenters. The summed E-state index contributed by atoms with van der Waals surface area (Å²) in [4.78, 5) is 20.0. The van der Waals surface area contributed by atoms with Crippen LogP contribution in [0.2, 0.25) is 0 Å². The maximum absolute atomic E-state index is 12.4. The molecule has 0 spiro atoms. The lowest BCUT2D eigenvalue weighted by molar-refractivity contribution is -0.141. The molecule has 1 amide bonds. The zero-order valence-electron chi connectivity index (χ0n) is 10.5. The summed E-state index contributed by atoms with van der Waals surface area (Å²) in [7, 11) is 1.52. The second-order valence-electron chi connectivity index (χ2n) is 3.73. The van der Waals surface area contributed by atoms with Crippen LogP contribution in [0.1, 0.15) is 12.1 Å². The van der Waals surface area contributed by atoms with Crippen molar-refractivity contribution in [1.82, 2.24) is 14.9 Å². The van der Waals surface area contributed by atoms with Gasteiger partial charge in [0, 0.05) is 19.8 Å². The van der Waals surface area contributed by atoms with E-state index in [1.54, 1.807) is 0 Å². The fraction of sp³-hybridized carbons (Fsp3) is 0.455. The Morgan fingerprint density at radius 3 is 2.85 bits per heavy atom. The molecule has 5 nitrogen and oxygen atoms in total. The number of carbonyl (C=O) groups excluding carboxylic acids is 1. The third-order valence-corrected chi connectivity index (χ3v) is 3.08. The van der Waals surface area contributed by atoms with Gasteiger partial charge in [-0.1, -0.05) is 11.8 Å². The largest absolute Gasteiger partial charge is 0.433 e. The van der Waals surface area contributed by atoms with Gasteiger partial charge >= 0.3 is 6.18 Å². The first-order chi connectivity index (χ1) is 9.34. The minimum atomic E-state index is -4.54. The van der Waals surface area contributed by atoms with Gasteiger partial charge in [-0.15, -0.1) is 0 Å². The SMILES string of the molecule is CN(CCC#N)C(=O)CSc1nccc(C(F)(F)F)n1. The molecule has 0 saturated carbocycles. The number of carbonyl (C=O) groups is 1. The summed E-state index contributed by atoms with van der Waals surface area (Å²) < 4.78 is 37.3. The zero-order chi connectivity index (χ0) is 15.2. The van der Waals surface area contributed by atoms with Crippen LogP contribution >= 0.6 is 11.8 Å². The number of aromatic nitrogens is 2. The predicted octanol–water partition coefficient (Wildman–Crippen LogP) is 1.96. The van der Waals surface area contributed by atoms with Crippen LogP contribution in [0.4, 0.5) is 13.2 Å². The first-order valence-corrected chi connectivity index (χ1v) is 6.47. The Labute approximate surface area is 117 Å². The minimum absolute atomic E-state index is 0.0801. The lowest BCUT2D eigenvalue weighted by atomic mass is 10.4. The maximum atomic E-state index is 12.4. The summed E-state index contributed by atoms with van der Waals surface area (Å²) >= 11 is 0.824. The smallest absolute Gasteiger partial charge is 0.344 e. The van der Waals surface area contributed by atoms with Crippen molar-refractivity contribution < 1.29 is 18.0 Å². The first kappa shape index (κ1) is 16.2. The fourth-order valence-electron chi connectivity index (χ4n) is 1.15. The molecule has 1 aromatic rings. The van der Waals surface area contributed by atoms with Crippen molar-refractivity contribution >= 4 is 17.7 Å². The Bertz CT molecular complexity index is 515. The highest BCUT2D eigenvalue weighted by atomic mass is 32.2. The zero-order valence-corrected chi connectivity index (χ0v) is 11.3. The van der Waals surface area contributed by atoms with Crippen molar-refractivity contribution in [2.24, 2.45) is 0 Å².